The second-order valence-corrected chi connectivity index (χ2v) is 7.58. The van der Waals surface area contributed by atoms with E-state index in [0.717, 1.165) is 21.4 Å². The van der Waals surface area contributed by atoms with Gasteiger partial charge in [-0.05, 0) is 41.8 Å². The van der Waals surface area contributed by atoms with Gasteiger partial charge in [-0.3, -0.25) is 0 Å². The Kier molecular flexibility index (Phi) is 4.33. The molecule has 0 aliphatic carbocycles. The molecule has 1 atom stereocenters. The molecule has 0 bridgehead atoms. The quantitative estimate of drug-likeness (QED) is 0.522. The number of hydrogen-bond donors (Lipinski definition) is 0. The van der Waals surface area contributed by atoms with Crippen molar-refractivity contribution in [3.05, 3.63) is 75.5 Å². The maximum atomic E-state index is 6.20. The van der Waals surface area contributed by atoms with Gasteiger partial charge in [0.25, 0.3) is 0 Å². The molecule has 2 aromatic carbocycles. The molecule has 0 aromatic heterocycles. The molecule has 1 heterocycles. The zero-order valence-corrected chi connectivity index (χ0v) is 15.1. The van der Waals surface area contributed by atoms with Crippen LogP contribution in [0.1, 0.15) is 43.6 Å². The smallest absolute Gasteiger partial charge is 0.184 e. The summed E-state index contributed by atoms with van der Waals surface area (Å²) in [5.74, 6) is 7.50. The molecule has 2 aromatic rings. The molecule has 0 saturated carbocycles. The highest BCUT2D eigenvalue weighted by atomic mass is 79.9. The summed E-state index contributed by atoms with van der Waals surface area (Å²) in [6.45, 7) is 6.48. The Morgan fingerprint density at radius 1 is 1.00 bits per heavy atom. The van der Waals surface area contributed by atoms with Crippen molar-refractivity contribution in [3.8, 4) is 11.8 Å². The molecule has 1 aliphatic rings. The first-order valence-corrected chi connectivity index (χ1v) is 8.48. The highest BCUT2D eigenvalue weighted by molar-refractivity contribution is 9.10. The normalized spacial score (nSPS) is 16.5. The second kappa shape index (κ2) is 6.26. The number of benzene rings is 2. The van der Waals surface area contributed by atoms with Crippen LogP contribution in [-0.4, -0.2) is 0 Å². The van der Waals surface area contributed by atoms with Crippen LogP contribution in [0.25, 0.3) is 6.08 Å². The highest BCUT2D eigenvalue weighted by Gasteiger charge is 2.27. The van der Waals surface area contributed by atoms with Gasteiger partial charge in [0, 0.05) is 21.0 Å². The molecule has 1 aliphatic heterocycles. The fourth-order valence-corrected chi connectivity index (χ4v) is 2.69. The van der Waals surface area contributed by atoms with E-state index < -0.39 is 0 Å². The fourth-order valence-electron chi connectivity index (χ4n) is 2.43. The minimum Gasteiger partial charge on any atom is -0.477 e. The summed E-state index contributed by atoms with van der Waals surface area (Å²) in [7, 11) is 0. The second-order valence-electron chi connectivity index (χ2n) is 6.66. The number of allylic oxidation sites excluding steroid dienone is 1. The molecule has 0 fully saturated rings. The van der Waals surface area contributed by atoms with Crippen LogP contribution >= 0.6 is 15.9 Å². The van der Waals surface area contributed by atoms with Gasteiger partial charge in [0.2, 0.25) is 0 Å². The van der Waals surface area contributed by atoms with Crippen molar-refractivity contribution in [3.63, 3.8) is 0 Å². The van der Waals surface area contributed by atoms with E-state index in [1.54, 1.807) is 0 Å². The Morgan fingerprint density at radius 2 is 1.70 bits per heavy atom. The van der Waals surface area contributed by atoms with Gasteiger partial charge in [0.15, 0.2) is 6.10 Å². The van der Waals surface area contributed by atoms with Crippen LogP contribution < -0.4 is 0 Å². The Labute approximate surface area is 146 Å². The predicted molar refractivity (Wildman–Crippen MR) is 98.7 cm³/mol. The molecule has 116 valence electrons. The van der Waals surface area contributed by atoms with Gasteiger partial charge in [-0.1, -0.05) is 66.9 Å². The first kappa shape index (κ1) is 15.9. The lowest BCUT2D eigenvalue weighted by Gasteiger charge is -2.30. The van der Waals surface area contributed by atoms with Gasteiger partial charge < -0.3 is 4.74 Å². The topological polar surface area (TPSA) is 9.23 Å². The van der Waals surface area contributed by atoms with E-state index in [0.29, 0.717) is 0 Å². The highest BCUT2D eigenvalue weighted by Crippen LogP contribution is 2.38. The van der Waals surface area contributed by atoms with Crippen LogP contribution in [0.2, 0.25) is 0 Å². The standard InChI is InChI=1S/C21H19BrO/c1-21(2,3)20-14-16-6-4-5-7-18(16)19(23-20)13-10-15-8-11-17(22)12-9-15/h4-9,11-12,14,19H,1-3H3. The summed E-state index contributed by atoms with van der Waals surface area (Å²) in [6, 6.07) is 16.3. The lowest BCUT2D eigenvalue weighted by molar-refractivity contribution is 0.112. The Balaban J connectivity index is 1.97. The molecule has 0 saturated heterocycles. The first-order chi connectivity index (χ1) is 10.9. The number of fused-ring (bicyclic) bond motifs is 1. The third kappa shape index (κ3) is 3.68. The lowest BCUT2D eigenvalue weighted by atomic mass is 9.88. The summed E-state index contributed by atoms with van der Waals surface area (Å²) in [5.41, 5.74) is 3.27. The van der Waals surface area contributed by atoms with Crippen molar-refractivity contribution in [1.29, 1.82) is 0 Å². The van der Waals surface area contributed by atoms with Gasteiger partial charge in [0.1, 0.15) is 5.76 Å². The fraction of sp³-hybridized carbons (Fsp3) is 0.238. The third-order valence-corrected chi connectivity index (χ3v) is 4.27. The van der Waals surface area contributed by atoms with Crippen molar-refractivity contribution < 1.29 is 4.74 Å². The van der Waals surface area contributed by atoms with Crippen molar-refractivity contribution in [2.24, 2.45) is 5.41 Å². The van der Waals surface area contributed by atoms with Crippen LogP contribution in [0.5, 0.6) is 0 Å². The molecular formula is C21H19BrO. The van der Waals surface area contributed by atoms with Crippen molar-refractivity contribution in [1.82, 2.24) is 0 Å². The van der Waals surface area contributed by atoms with Crippen molar-refractivity contribution in [2.45, 2.75) is 26.9 Å². The average Bonchev–Trinajstić information content (AvgIpc) is 2.53. The van der Waals surface area contributed by atoms with E-state index in [1.807, 2.05) is 30.3 Å². The van der Waals surface area contributed by atoms with Gasteiger partial charge in [-0.15, -0.1) is 0 Å². The van der Waals surface area contributed by atoms with E-state index >= 15 is 0 Å². The Bertz CT molecular complexity index is 798. The minimum atomic E-state index is -0.228. The summed E-state index contributed by atoms with van der Waals surface area (Å²) in [4.78, 5) is 0. The largest absolute Gasteiger partial charge is 0.477 e. The Morgan fingerprint density at radius 3 is 2.39 bits per heavy atom. The summed E-state index contributed by atoms with van der Waals surface area (Å²) in [6.07, 6.45) is 1.90. The maximum absolute atomic E-state index is 6.20. The average molecular weight is 367 g/mol. The summed E-state index contributed by atoms with van der Waals surface area (Å²) >= 11 is 3.44. The molecular weight excluding hydrogens is 348 g/mol. The number of hydrogen-bond acceptors (Lipinski definition) is 1. The van der Waals surface area contributed by atoms with E-state index in [9.17, 15) is 0 Å². The predicted octanol–water partition coefficient (Wildman–Crippen LogP) is 5.96. The van der Waals surface area contributed by atoms with E-state index in [2.05, 4.69) is 72.8 Å². The molecule has 2 heteroatoms. The number of ether oxygens (including phenoxy) is 1. The van der Waals surface area contributed by atoms with E-state index in [1.165, 1.54) is 5.56 Å². The van der Waals surface area contributed by atoms with Gasteiger partial charge in [0.05, 0.1) is 0 Å². The lowest BCUT2D eigenvalue weighted by Crippen LogP contribution is -2.18. The molecule has 1 nitrogen and oxygen atoms in total. The van der Waals surface area contributed by atoms with Crippen LogP contribution in [0.3, 0.4) is 0 Å². The number of rotatable bonds is 0. The van der Waals surface area contributed by atoms with Gasteiger partial charge in [-0.25, -0.2) is 0 Å². The molecule has 23 heavy (non-hydrogen) atoms. The maximum Gasteiger partial charge on any atom is 0.184 e. The Hall–Kier alpha value is -1.98. The molecule has 0 N–H and O–H groups in total. The van der Waals surface area contributed by atoms with Gasteiger partial charge >= 0.3 is 0 Å². The molecule has 1 unspecified atom stereocenters. The summed E-state index contributed by atoms with van der Waals surface area (Å²) < 4.78 is 7.26. The van der Waals surface area contributed by atoms with Crippen LogP contribution in [0.4, 0.5) is 0 Å². The molecule has 0 radical (unpaired) electrons. The van der Waals surface area contributed by atoms with Crippen molar-refractivity contribution in [2.75, 3.05) is 0 Å². The third-order valence-electron chi connectivity index (χ3n) is 3.74. The van der Waals surface area contributed by atoms with Crippen LogP contribution in [-0.2, 0) is 4.74 Å². The molecule has 0 spiro atoms. The van der Waals surface area contributed by atoms with Gasteiger partial charge in [-0.2, -0.15) is 0 Å². The minimum absolute atomic E-state index is 0.0366. The monoisotopic (exact) mass is 366 g/mol. The van der Waals surface area contributed by atoms with Crippen LogP contribution in [0.15, 0.2) is 58.8 Å². The first-order valence-electron chi connectivity index (χ1n) is 7.68. The van der Waals surface area contributed by atoms with Crippen molar-refractivity contribution >= 4 is 22.0 Å². The zero-order valence-electron chi connectivity index (χ0n) is 13.6. The zero-order chi connectivity index (χ0) is 16.4. The SMILES string of the molecule is CC(C)(C)C1=Cc2ccccc2C(C#Cc2ccc(Br)cc2)O1. The molecule has 3 rings (SSSR count). The summed E-state index contributed by atoms with van der Waals surface area (Å²) in [5, 5.41) is 0. The number of halogens is 1. The molecule has 0 amide bonds. The van der Waals surface area contributed by atoms with Crippen LogP contribution in [0, 0.1) is 17.3 Å². The van der Waals surface area contributed by atoms with E-state index in [4.69, 9.17) is 4.74 Å². The van der Waals surface area contributed by atoms with E-state index in [-0.39, 0.29) is 11.5 Å².